The summed E-state index contributed by atoms with van der Waals surface area (Å²) in [5.41, 5.74) is 1.50. The van der Waals surface area contributed by atoms with Crippen LogP contribution in [-0.2, 0) is 0 Å². The van der Waals surface area contributed by atoms with Gasteiger partial charge < -0.3 is 15.5 Å². The molecule has 1 aliphatic heterocycles. The second-order valence-corrected chi connectivity index (χ2v) is 9.16. The average Bonchev–Trinajstić information content (AvgIpc) is 2.52. The molecule has 0 bridgehead atoms. The summed E-state index contributed by atoms with van der Waals surface area (Å²) in [4.78, 5) is 0. The molecule has 0 saturated heterocycles. The number of aromatic hydroxyl groups is 1. The van der Waals surface area contributed by atoms with Crippen molar-refractivity contribution in [3.05, 3.63) is 23.8 Å². The van der Waals surface area contributed by atoms with E-state index in [2.05, 4.69) is 26.1 Å². The molecule has 3 N–H and O–H groups in total. The summed E-state index contributed by atoms with van der Waals surface area (Å²) < 4.78 is 0.122. The molecule has 0 spiro atoms. The number of aliphatic hydroxyl groups is 1. The molecule has 0 saturated carbocycles. The number of benzene rings is 1. The number of phenolic OH excluding ortho intramolecular Hbond substituents is 1. The number of anilines is 1. The smallest absolute Gasteiger partial charge is 0.116 e. The lowest BCUT2D eigenvalue weighted by Crippen LogP contribution is -2.32. The molecule has 2 atom stereocenters. The van der Waals surface area contributed by atoms with Crippen molar-refractivity contribution in [1.82, 2.24) is 0 Å². The molecule has 0 fully saturated rings. The minimum absolute atomic E-state index is 0.122. The number of hydrogen-bond acceptors (Lipinski definition) is 4. The zero-order valence-electron chi connectivity index (χ0n) is 12.9. The van der Waals surface area contributed by atoms with Crippen molar-refractivity contribution in [2.75, 3.05) is 5.32 Å². The number of fused-ring (bicyclic) bond motifs is 1. The second-order valence-electron chi connectivity index (χ2n) is 7.19. The largest absolute Gasteiger partial charge is 0.508 e. The van der Waals surface area contributed by atoms with Crippen LogP contribution < -0.4 is 5.32 Å². The predicted molar refractivity (Wildman–Crippen MR) is 86.5 cm³/mol. The van der Waals surface area contributed by atoms with E-state index in [-0.39, 0.29) is 16.0 Å². The second kappa shape index (κ2) is 5.15. The Hall–Kier alpha value is -0.870. The lowest BCUT2D eigenvalue weighted by atomic mass is 9.96. The van der Waals surface area contributed by atoms with E-state index in [0.29, 0.717) is 12.2 Å². The van der Waals surface area contributed by atoms with Crippen molar-refractivity contribution in [2.24, 2.45) is 0 Å². The van der Waals surface area contributed by atoms with Gasteiger partial charge in [-0.3, -0.25) is 0 Å². The van der Waals surface area contributed by atoms with Gasteiger partial charge in [0.1, 0.15) is 5.75 Å². The third-order valence-corrected chi connectivity index (χ3v) is 4.79. The highest BCUT2D eigenvalue weighted by Crippen LogP contribution is 2.50. The van der Waals surface area contributed by atoms with Crippen molar-refractivity contribution in [3.63, 3.8) is 0 Å². The maximum absolute atomic E-state index is 10.1. The van der Waals surface area contributed by atoms with Crippen LogP contribution in [0.1, 0.15) is 51.9 Å². The van der Waals surface area contributed by atoms with Crippen LogP contribution in [0.5, 0.6) is 5.75 Å². The van der Waals surface area contributed by atoms with Crippen LogP contribution in [0.3, 0.4) is 0 Å². The normalized spacial score (nSPS) is 22.5. The number of phenols is 1. The molecule has 2 rings (SSSR count). The van der Waals surface area contributed by atoms with Crippen LogP contribution in [0, 0.1) is 0 Å². The van der Waals surface area contributed by atoms with Gasteiger partial charge in [0, 0.05) is 16.5 Å². The first-order valence-electron chi connectivity index (χ1n) is 7.05. The topological polar surface area (TPSA) is 52.5 Å². The van der Waals surface area contributed by atoms with Crippen LogP contribution in [0.15, 0.2) is 18.2 Å². The molecule has 1 heterocycles. The van der Waals surface area contributed by atoms with Crippen LogP contribution in [0.25, 0.3) is 0 Å². The molecule has 0 radical (unpaired) electrons. The van der Waals surface area contributed by atoms with E-state index in [1.165, 1.54) is 0 Å². The summed E-state index contributed by atoms with van der Waals surface area (Å²) in [6, 6.07) is 5.65. The summed E-state index contributed by atoms with van der Waals surface area (Å²) in [6.07, 6.45) is 0.677. The Morgan fingerprint density at radius 1 is 1.20 bits per heavy atom. The molecule has 4 heteroatoms. The lowest BCUT2D eigenvalue weighted by Gasteiger charge is -2.30. The zero-order valence-corrected chi connectivity index (χ0v) is 13.7. The van der Waals surface area contributed by atoms with E-state index in [9.17, 15) is 10.2 Å². The molecule has 112 valence electrons. The quantitative estimate of drug-likeness (QED) is 0.740. The van der Waals surface area contributed by atoms with Crippen molar-refractivity contribution in [2.45, 2.75) is 62.7 Å². The van der Waals surface area contributed by atoms with E-state index in [4.69, 9.17) is 0 Å². The SMILES string of the molecule is CC(C)(O)CC1Nc2ccc(O)cc2C1SC(C)(C)C. The molecule has 1 aromatic carbocycles. The molecule has 1 aromatic rings. The average molecular weight is 295 g/mol. The maximum Gasteiger partial charge on any atom is 0.116 e. The van der Waals surface area contributed by atoms with Crippen LogP contribution in [0.2, 0.25) is 0 Å². The molecular weight excluding hydrogens is 270 g/mol. The Morgan fingerprint density at radius 3 is 2.40 bits per heavy atom. The third-order valence-electron chi connectivity index (χ3n) is 3.25. The Kier molecular flexibility index (Phi) is 4.00. The number of hydrogen-bond donors (Lipinski definition) is 3. The summed E-state index contributed by atoms with van der Waals surface area (Å²) in [6.45, 7) is 10.3. The Morgan fingerprint density at radius 2 is 1.85 bits per heavy atom. The third kappa shape index (κ3) is 3.83. The van der Waals surface area contributed by atoms with Crippen molar-refractivity contribution in [1.29, 1.82) is 0 Å². The van der Waals surface area contributed by atoms with E-state index < -0.39 is 5.60 Å². The van der Waals surface area contributed by atoms with Crippen LogP contribution >= 0.6 is 11.8 Å². The van der Waals surface area contributed by atoms with Gasteiger partial charge in [-0.2, -0.15) is 0 Å². The van der Waals surface area contributed by atoms with Gasteiger partial charge in [-0.15, -0.1) is 11.8 Å². The zero-order chi connectivity index (χ0) is 15.1. The van der Waals surface area contributed by atoms with E-state index in [1.807, 2.05) is 37.7 Å². The Bertz CT molecular complexity index is 488. The van der Waals surface area contributed by atoms with Gasteiger partial charge in [-0.25, -0.2) is 0 Å². The fourth-order valence-electron chi connectivity index (χ4n) is 2.63. The fraction of sp³-hybridized carbons (Fsp3) is 0.625. The highest BCUT2D eigenvalue weighted by molar-refractivity contribution is 8.00. The molecule has 0 amide bonds. The van der Waals surface area contributed by atoms with Gasteiger partial charge in [-0.1, -0.05) is 20.8 Å². The summed E-state index contributed by atoms with van der Waals surface area (Å²) in [5.74, 6) is 0.300. The van der Waals surface area contributed by atoms with Crippen molar-refractivity contribution < 1.29 is 10.2 Å². The standard InChI is InChI=1S/C16H25NO2S/c1-15(2,3)20-14-11-8-10(18)6-7-12(11)17-13(14)9-16(4,5)19/h6-8,13-14,17-19H,9H2,1-5H3. The molecule has 20 heavy (non-hydrogen) atoms. The highest BCUT2D eigenvalue weighted by Gasteiger charge is 2.38. The van der Waals surface area contributed by atoms with Gasteiger partial charge in [0.05, 0.1) is 10.9 Å². The van der Waals surface area contributed by atoms with E-state index in [1.54, 1.807) is 6.07 Å². The molecule has 0 aliphatic carbocycles. The van der Waals surface area contributed by atoms with Gasteiger partial charge in [0.25, 0.3) is 0 Å². The van der Waals surface area contributed by atoms with Gasteiger partial charge >= 0.3 is 0 Å². The van der Waals surface area contributed by atoms with E-state index in [0.717, 1.165) is 11.3 Å². The van der Waals surface area contributed by atoms with Crippen molar-refractivity contribution >= 4 is 17.4 Å². The van der Waals surface area contributed by atoms with Crippen molar-refractivity contribution in [3.8, 4) is 5.75 Å². The first kappa shape index (κ1) is 15.5. The predicted octanol–water partition coefficient (Wildman–Crippen LogP) is 3.92. The van der Waals surface area contributed by atoms with Crippen LogP contribution in [0.4, 0.5) is 5.69 Å². The van der Waals surface area contributed by atoms with Gasteiger partial charge in [-0.05, 0) is 44.0 Å². The lowest BCUT2D eigenvalue weighted by molar-refractivity contribution is 0.0660. The fourth-order valence-corrected chi connectivity index (χ4v) is 4.04. The number of rotatable bonds is 3. The van der Waals surface area contributed by atoms with E-state index >= 15 is 0 Å². The van der Waals surface area contributed by atoms with Gasteiger partial charge in [0.2, 0.25) is 0 Å². The summed E-state index contributed by atoms with van der Waals surface area (Å²) in [7, 11) is 0. The molecular formula is C16H25NO2S. The molecule has 0 aromatic heterocycles. The molecule has 3 nitrogen and oxygen atoms in total. The minimum atomic E-state index is -0.710. The first-order chi connectivity index (χ1) is 9.05. The first-order valence-corrected chi connectivity index (χ1v) is 7.93. The maximum atomic E-state index is 10.1. The monoisotopic (exact) mass is 295 g/mol. The van der Waals surface area contributed by atoms with Gasteiger partial charge in [0.15, 0.2) is 0 Å². The summed E-state index contributed by atoms with van der Waals surface area (Å²) >= 11 is 1.88. The number of thioether (sulfide) groups is 1. The highest BCUT2D eigenvalue weighted by atomic mass is 32.2. The Labute approximate surface area is 125 Å². The molecule has 2 unspecified atom stereocenters. The number of nitrogens with one attached hydrogen (secondary N) is 1. The minimum Gasteiger partial charge on any atom is -0.508 e. The van der Waals surface area contributed by atoms with Crippen LogP contribution in [-0.4, -0.2) is 26.6 Å². The summed E-state index contributed by atoms with van der Waals surface area (Å²) in [5, 5.41) is 23.6. The Balaban J connectivity index is 2.31. The molecule has 1 aliphatic rings.